The van der Waals surface area contributed by atoms with Crippen molar-refractivity contribution in [1.82, 2.24) is 15.0 Å². The molecular weight excluding hydrogens is 654 g/mol. The predicted octanol–water partition coefficient (Wildman–Crippen LogP) is 4.75. The molecule has 1 aliphatic heterocycles. The van der Waals surface area contributed by atoms with Crippen LogP contribution in [0.25, 0.3) is 11.3 Å². The zero-order valence-electron chi connectivity index (χ0n) is 22.1. The Kier molecular flexibility index (Phi) is 9.89. The summed E-state index contributed by atoms with van der Waals surface area (Å²) in [6, 6.07) is 4.38. The lowest BCUT2D eigenvalue weighted by Gasteiger charge is -2.44. The van der Waals surface area contributed by atoms with E-state index in [0.717, 1.165) is 49.3 Å². The van der Waals surface area contributed by atoms with Crippen molar-refractivity contribution in [3.05, 3.63) is 64.3 Å². The lowest BCUT2D eigenvalue weighted by atomic mass is 9.96. The van der Waals surface area contributed by atoms with Gasteiger partial charge in [-0.1, -0.05) is 17.0 Å². The quantitative estimate of drug-likeness (QED) is 0.143. The van der Waals surface area contributed by atoms with Crippen molar-refractivity contribution in [3.63, 3.8) is 0 Å². The largest absolute Gasteiger partial charge is 0.463 e. The normalized spacial score (nSPS) is 22.0. The molecule has 224 valence electrons. The van der Waals surface area contributed by atoms with Crippen LogP contribution in [-0.4, -0.2) is 63.3 Å². The van der Waals surface area contributed by atoms with Gasteiger partial charge in [0, 0.05) is 31.2 Å². The fraction of sp³-hybridized carbons (Fsp3) is 0.346. The molecule has 3 aromatic rings. The molecule has 1 fully saturated rings. The van der Waals surface area contributed by atoms with Crippen LogP contribution < -0.4 is 0 Å². The topological polar surface area (TPSA) is 119 Å². The fourth-order valence-corrected chi connectivity index (χ4v) is 5.90. The minimum atomic E-state index is -1.67. The van der Waals surface area contributed by atoms with Crippen LogP contribution in [0.2, 0.25) is 0 Å². The Morgan fingerprint density at radius 3 is 2.19 bits per heavy atom. The molecule has 2 heterocycles. The summed E-state index contributed by atoms with van der Waals surface area (Å²) in [5, 5.41) is 7.95. The molecule has 4 rings (SSSR count). The highest BCUT2D eigenvalue weighted by molar-refractivity contribution is 9.10. The standard InChI is InChI=1S/C26H22BrF4N3O7S/c1-11(35)38-10-21-24(39-12(2)36)23(34-9-20(32-33-34)14-6-18(29)22(31)19(30)7-14)25(40-13(3)37)26(41-21)42-15-4-5-17(28)16(27)8-15/h4-9,21,23-26H,10H2,1-3H3. The third kappa shape index (κ3) is 7.28. The summed E-state index contributed by atoms with van der Waals surface area (Å²) in [6.45, 7) is 3.02. The van der Waals surface area contributed by atoms with Gasteiger partial charge in [0.05, 0.1) is 10.7 Å². The number of nitrogens with zero attached hydrogens (tertiary/aromatic N) is 3. The highest BCUT2D eigenvalue weighted by Gasteiger charge is 2.52. The molecule has 0 radical (unpaired) electrons. The van der Waals surface area contributed by atoms with E-state index in [-0.39, 0.29) is 15.7 Å². The summed E-state index contributed by atoms with van der Waals surface area (Å²) < 4.78 is 79.1. The minimum Gasteiger partial charge on any atom is -0.463 e. The van der Waals surface area contributed by atoms with Crippen LogP contribution in [0, 0.1) is 23.3 Å². The number of hydrogen-bond acceptors (Lipinski definition) is 10. The number of benzene rings is 2. The Morgan fingerprint density at radius 2 is 1.60 bits per heavy atom. The molecule has 0 bridgehead atoms. The number of esters is 3. The van der Waals surface area contributed by atoms with Crippen LogP contribution in [0.3, 0.4) is 0 Å². The van der Waals surface area contributed by atoms with E-state index in [1.54, 1.807) is 0 Å². The third-order valence-electron chi connectivity index (χ3n) is 5.91. The molecule has 16 heteroatoms. The molecule has 0 saturated carbocycles. The van der Waals surface area contributed by atoms with Gasteiger partial charge in [0.2, 0.25) is 0 Å². The monoisotopic (exact) mass is 675 g/mol. The summed E-state index contributed by atoms with van der Waals surface area (Å²) in [5.41, 5.74) is -1.32. The lowest BCUT2D eigenvalue weighted by Crippen LogP contribution is -2.57. The molecule has 1 saturated heterocycles. The number of aromatic nitrogens is 3. The molecule has 10 nitrogen and oxygen atoms in total. The summed E-state index contributed by atoms with van der Waals surface area (Å²) >= 11 is 4.14. The Morgan fingerprint density at radius 1 is 0.952 bits per heavy atom. The molecular formula is C26H22BrF4N3O7S. The van der Waals surface area contributed by atoms with Crippen LogP contribution in [0.15, 0.2) is 45.9 Å². The summed E-state index contributed by atoms with van der Waals surface area (Å²) in [6.07, 6.45) is -2.46. The first-order valence-corrected chi connectivity index (χ1v) is 13.8. The van der Waals surface area contributed by atoms with Gasteiger partial charge in [0.15, 0.2) is 29.7 Å². The number of ether oxygens (including phenoxy) is 4. The number of hydrogen-bond donors (Lipinski definition) is 0. The second-order valence-electron chi connectivity index (χ2n) is 9.02. The van der Waals surface area contributed by atoms with E-state index >= 15 is 0 Å². The first kappa shape index (κ1) is 31.4. The van der Waals surface area contributed by atoms with Crippen LogP contribution in [0.5, 0.6) is 0 Å². The van der Waals surface area contributed by atoms with Gasteiger partial charge in [-0.05, 0) is 46.3 Å². The van der Waals surface area contributed by atoms with Crippen LogP contribution in [0.4, 0.5) is 17.6 Å². The average Bonchev–Trinajstić information content (AvgIpc) is 3.39. The molecule has 0 aliphatic carbocycles. The van der Waals surface area contributed by atoms with Crippen molar-refractivity contribution in [1.29, 1.82) is 0 Å². The van der Waals surface area contributed by atoms with E-state index in [2.05, 4.69) is 26.2 Å². The zero-order chi connectivity index (χ0) is 30.7. The van der Waals surface area contributed by atoms with Gasteiger partial charge in [0.1, 0.15) is 35.7 Å². The maximum atomic E-state index is 13.9. The summed E-state index contributed by atoms with van der Waals surface area (Å²) in [7, 11) is 0. The Balaban J connectivity index is 1.82. The second kappa shape index (κ2) is 13.2. The van der Waals surface area contributed by atoms with Crippen molar-refractivity contribution in [2.75, 3.05) is 6.61 Å². The van der Waals surface area contributed by atoms with E-state index in [1.807, 2.05) is 0 Å². The maximum Gasteiger partial charge on any atom is 0.303 e. The van der Waals surface area contributed by atoms with Gasteiger partial charge in [0.25, 0.3) is 0 Å². The van der Waals surface area contributed by atoms with E-state index in [1.165, 1.54) is 24.4 Å². The van der Waals surface area contributed by atoms with Gasteiger partial charge in [-0.3, -0.25) is 14.4 Å². The second-order valence-corrected chi connectivity index (χ2v) is 11.0. The fourth-order valence-electron chi connectivity index (χ4n) is 4.22. The zero-order valence-corrected chi connectivity index (χ0v) is 24.5. The number of thioether (sulfide) groups is 1. The first-order chi connectivity index (χ1) is 19.8. The first-order valence-electron chi connectivity index (χ1n) is 12.2. The number of halogens is 5. The van der Waals surface area contributed by atoms with E-state index < -0.39 is 77.6 Å². The van der Waals surface area contributed by atoms with Crippen molar-refractivity contribution in [2.45, 2.75) is 55.5 Å². The molecule has 2 aromatic carbocycles. The predicted molar refractivity (Wildman–Crippen MR) is 141 cm³/mol. The number of rotatable bonds is 8. The van der Waals surface area contributed by atoms with E-state index in [9.17, 15) is 31.9 Å². The van der Waals surface area contributed by atoms with Crippen LogP contribution in [0.1, 0.15) is 26.8 Å². The lowest BCUT2D eigenvalue weighted by molar-refractivity contribution is -0.212. The molecule has 0 spiro atoms. The van der Waals surface area contributed by atoms with Crippen molar-refractivity contribution < 1.29 is 50.9 Å². The van der Waals surface area contributed by atoms with Gasteiger partial charge in [-0.25, -0.2) is 22.2 Å². The Bertz CT molecular complexity index is 1490. The molecule has 42 heavy (non-hydrogen) atoms. The molecule has 5 unspecified atom stereocenters. The van der Waals surface area contributed by atoms with Gasteiger partial charge >= 0.3 is 17.9 Å². The van der Waals surface area contributed by atoms with E-state index in [0.29, 0.717) is 4.90 Å². The van der Waals surface area contributed by atoms with Gasteiger partial charge in [-0.15, -0.1) is 5.10 Å². The van der Waals surface area contributed by atoms with Crippen molar-refractivity contribution in [2.24, 2.45) is 0 Å². The minimum absolute atomic E-state index is 0.0920. The highest BCUT2D eigenvalue weighted by atomic mass is 79.9. The smallest absolute Gasteiger partial charge is 0.303 e. The molecule has 1 aliphatic rings. The maximum absolute atomic E-state index is 13.9. The Labute approximate surface area is 248 Å². The molecule has 0 amide bonds. The summed E-state index contributed by atoms with van der Waals surface area (Å²) in [4.78, 5) is 36.6. The SMILES string of the molecule is CC(=O)OCC1OC(Sc2ccc(F)c(Br)c2)C(OC(C)=O)C(n2cc(-c3cc(F)c(F)c(F)c3)nn2)C1OC(C)=O. The molecule has 5 atom stereocenters. The number of carbonyl (C=O) groups is 3. The van der Waals surface area contributed by atoms with Crippen LogP contribution in [-0.2, 0) is 33.3 Å². The molecule has 1 aromatic heterocycles. The molecule has 0 N–H and O–H groups in total. The van der Waals surface area contributed by atoms with Gasteiger partial charge in [-0.2, -0.15) is 0 Å². The summed E-state index contributed by atoms with van der Waals surface area (Å²) in [5.74, 6) is -7.27. The van der Waals surface area contributed by atoms with Gasteiger partial charge < -0.3 is 18.9 Å². The highest BCUT2D eigenvalue weighted by Crippen LogP contribution is 2.42. The average molecular weight is 676 g/mol. The van der Waals surface area contributed by atoms with Crippen molar-refractivity contribution in [3.8, 4) is 11.3 Å². The van der Waals surface area contributed by atoms with E-state index in [4.69, 9.17) is 18.9 Å². The Hall–Kier alpha value is -3.50. The third-order valence-corrected chi connectivity index (χ3v) is 7.66. The van der Waals surface area contributed by atoms with Crippen molar-refractivity contribution >= 4 is 45.6 Å². The van der Waals surface area contributed by atoms with Crippen LogP contribution >= 0.6 is 27.7 Å². The number of carbonyl (C=O) groups excluding carboxylic acids is 3.